The summed E-state index contributed by atoms with van der Waals surface area (Å²) in [5.74, 6) is -0.496. The predicted molar refractivity (Wildman–Crippen MR) is 107 cm³/mol. The van der Waals surface area contributed by atoms with E-state index < -0.39 is 0 Å². The molecule has 0 fully saturated rings. The highest BCUT2D eigenvalue weighted by atomic mass is 19.1. The highest BCUT2D eigenvalue weighted by Crippen LogP contribution is 2.18. The zero-order valence-corrected chi connectivity index (χ0v) is 16.5. The van der Waals surface area contributed by atoms with Crippen LogP contribution < -0.4 is 10.9 Å². The first-order valence-corrected chi connectivity index (χ1v) is 9.15. The second kappa shape index (κ2) is 7.84. The van der Waals surface area contributed by atoms with Gasteiger partial charge in [0.1, 0.15) is 5.82 Å². The van der Waals surface area contributed by atoms with Gasteiger partial charge in [-0.25, -0.2) is 4.39 Å². The maximum atomic E-state index is 13.1. The highest BCUT2D eigenvalue weighted by molar-refractivity contribution is 5.95. The minimum Gasteiger partial charge on any atom is -0.348 e. The van der Waals surface area contributed by atoms with Gasteiger partial charge in [-0.15, -0.1) is 0 Å². The molecule has 146 valence electrons. The Kier molecular flexibility index (Phi) is 5.49. The maximum Gasteiger partial charge on any atom is 0.253 e. The van der Waals surface area contributed by atoms with Gasteiger partial charge in [-0.05, 0) is 63.1 Å². The third-order valence-corrected chi connectivity index (χ3v) is 4.99. The van der Waals surface area contributed by atoms with Crippen molar-refractivity contribution in [2.75, 3.05) is 0 Å². The van der Waals surface area contributed by atoms with E-state index in [1.165, 1.54) is 12.1 Å². The van der Waals surface area contributed by atoms with E-state index in [-0.39, 0.29) is 23.8 Å². The summed E-state index contributed by atoms with van der Waals surface area (Å²) < 4.78 is 15.1. The van der Waals surface area contributed by atoms with Crippen molar-refractivity contribution in [3.05, 3.63) is 91.9 Å². The largest absolute Gasteiger partial charge is 0.348 e. The van der Waals surface area contributed by atoms with Gasteiger partial charge in [-0.1, -0.05) is 12.1 Å². The van der Waals surface area contributed by atoms with Gasteiger partial charge in [-0.2, -0.15) is 0 Å². The van der Waals surface area contributed by atoms with Crippen LogP contribution in [0.1, 0.15) is 44.1 Å². The molecule has 0 aliphatic heterocycles. The summed E-state index contributed by atoms with van der Waals surface area (Å²) in [6.45, 7) is 8.23. The topological polar surface area (TPSA) is 66.9 Å². The van der Waals surface area contributed by atoms with Crippen LogP contribution in [0, 0.1) is 33.5 Å². The number of aromatic amines is 1. The van der Waals surface area contributed by atoms with Crippen molar-refractivity contribution >= 4 is 5.91 Å². The number of benzene rings is 1. The molecule has 3 aromatic rings. The summed E-state index contributed by atoms with van der Waals surface area (Å²) in [5.41, 5.74) is 5.31. The standard InChI is InChI=1S/C22H24FN3O2/c1-13-9-14(2)25-22(28)20(13)11-24-21(27)19-10-15(3)26(16(19)4)12-17-5-7-18(23)8-6-17/h5-10H,11-12H2,1-4H3,(H,24,27)(H,25,28). The monoisotopic (exact) mass is 381 g/mol. The Balaban J connectivity index is 1.78. The summed E-state index contributed by atoms with van der Waals surface area (Å²) in [6, 6.07) is 10.1. The zero-order valence-electron chi connectivity index (χ0n) is 16.5. The number of carbonyl (C=O) groups is 1. The summed E-state index contributed by atoms with van der Waals surface area (Å²) >= 11 is 0. The van der Waals surface area contributed by atoms with Crippen LogP contribution in [0.5, 0.6) is 0 Å². The first-order chi connectivity index (χ1) is 13.3. The molecule has 5 nitrogen and oxygen atoms in total. The minimum atomic E-state index is -0.272. The number of hydrogen-bond acceptors (Lipinski definition) is 2. The van der Waals surface area contributed by atoms with Crippen LogP contribution in [0.3, 0.4) is 0 Å². The number of amides is 1. The predicted octanol–water partition coefficient (Wildman–Crippen LogP) is 3.53. The maximum absolute atomic E-state index is 13.1. The molecule has 0 aliphatic rings. The van der Waals surface area contributed by atoms with Crippen LogP contribution in [0.2, 0.25) is 0 Å². The van der Waals surface area contributed by atoms with Crippen molar-refractivity contribution in [1.82, 2.24) is 14.9 Å². The lowest BCUT2D eigenvalue weighted by molar-refractivity contribution is 0.0950. The van der Waals surface area contributed by atoms with Crippen molar-refractivity contribution < 1.29 is 9.18 Å². The lowest BCUT2D eigenvalue weighted by Gasteiger charge is -2.11. The molecule has 0 saturated carbocycles. The molecule has 1 amide bonds. The third kappa shape index (κ3) is 4.06. The minimum absolute atomic E-state index is 0.169. The molecule has 2 heterocycles. The molecule has 1 aromatic carbocycles. The third-order valence-electron chi connectivity index (χ3n) is 4.99. The Morgan fingerprint density at radius 3 is 2.43 bits per heavy atom. The quantitative estimate of drug-likeness (QED) is 0.710. The van der Waals surface area contributed by atoms with Gasteiger partial charge >= 0.3 is 0 Å². The summed E-state index contributed by atoms with van der Waals surface area (Å²) in [4.78, 5) is 27.6. The van der Waals surface area contributed by atoms with Gasteiger partial charge < -0.3 is 14.9 Å². The fourth-order valence-corrected chi connectivity index (χ4v) is 3.41. The number of H-pyrrole nitrogens is 1. The van der Waals surface area contributed by atoms with Gasteiger partial charge in [0.15, 0.2) is 0 Å². The number of aromatic nitrogens is 2. The lowest BCUT2D eigenvalue weighted by atomic mass is 10.1. The Morgan fingerprint density at radius 2 is 1.79 bits per heavy atom. The van der Waals surface area contributed by atoms with Gasteiger partial charge in [-0.3, -0.25) is 9.59 Å². The van der Waals surface area contributed by atoms with Crippen molar-refractivity contribution in [3.63, 3.8) is 0 Å². The van der Waals surface area contributed by atoms with E-state index in [0.29, 0.717) is 17.7 Å². The van der Waals surface area contributed by atoms with E-state index in [0.717, 1.165) is 28.2 Å². The Hall–Kier alpha value is -3.15. The molecular weight excluding hydrogens is 357 g/mol. The van der Waals surface area contributed by atoms with Crippen molar-refractivity contribution in [1.29, 1.82) is 0 Å². The van der Waals surface area contributed by atoms with Crippen LogP contribution >= 0.6 is 0 Å². The second-order valence-corrected chi connectivity index (χ2v) is 7.12. The van der Waals surface area contributed by atoms with Crippen molar-refractivity contribution in [3.8, 4) is 0 Å². The Morgan fingerprint density at radius 1 is 1.11 bits per heavy atom. The summed E-state index contributed by atoms with van der Waals surface area (Å²) in [6.07, 6.45) is 0. The lowest BCUT2D eigenvalue weighted by Crippen LogP contribution is -2.28. The second-order valence-electron chi connectivity index (χ2n) is 7.12. The van der Waals surface area contributed by atoms with Crippen LogP contribution in [-0.2, 0) is 13.1 Å². The number of aryl methyl sites for hydroxylation is 3. The number of nitrogens with zero attached hydrogens (tertiary/aromatic N) is 1. The van der Waals surface area contributed by atoms with Crippen LogP contribution in [-0.4, -0.2) is 15.5 Å². The molecule has 0 radical (unpaired) electrons. The number of pyridine rings is 1. The molecule has 28 heavy (non-hydrogen) atoms. The molecule has 0 bridgehead atoms. The number of nitrogens with one attached hydrogen (secondary N) is 2. The fraction of sp³-hybridized carbons (Fsp3) is 0.273. The highest BCUT2D eigenvalue weighted by Gasteiger charge is 2.16. The normalized spacial score (nSPS) is 10.9. The SMILES string of the molecule is Cc1cc(C)c(CNC(=O)c2cc(C)n(Cc3ccc(F)cc3)c2C)c(=O)[nH]1. The van der Waals surface area contributed by atoms with Crippen molar-refractivity contribution in [2.24, 2.45) is 0 Å². The van der Waals surface area contributed by atoms with Crippen LogP contribution in [0.4, 0.5) is 4.39 Å². The zero-order chi connectivity index (χ0) is 20.4. The molecule has 0 atom stereocenters. The first-order valence-electron chi connectivity index (χ1n) is 9.15. The molecule has 0 aliphatic carbocycles. The average molecular weight is 381 g/mol. The average Bonchev–Trinajstić information content (AvgIpc) is 2.90. The van der Waals surface area contributed by atoms with E-state index in [9.17, 15) is 14.0 Å². The Bertz CT molecular complexity index is 1080. The van der Waals surface area contributed by atoms with Crippen LogP contribution in [0.15, 0.2) is 41.2 Å². The number of hydrogen-bond donors (Lipinski definition) is 2. The molecule has 0 unspecified atom stereocenters. The molecule has 2 aromatic heterocycles. The van der Waals surface area contributed by atoms with Gasteiger partial charge in [0.2, 0.25) is 0 Å². The molecular formula is C22H24FN3O2. The molecule has 3 rings (SSSR count). The fourth-order valence-electron chi connectivity index (χ4n) is 3.41. The molecule has 0 spiro atoms. The number of carbonyl (C=O) groups excluding carboxylic acids is 1. The number of rotatable bonds is 5. The van der Waals surface area contributed by atoms with Gasteiger partial charge in [0.25, 0.3) is 11.5 Å². The van der Waals surface area contributed by atoms with Crippen LogP contribution in [0.25, 0.3) is 0 Å². The summed E-state index contributed by atoms with van der Waals surface area (Å²) in [5, 5.41) is 2.85. The molecule has 0 saturated heterocycles. The molecule has 2 N–H and O–H groups in total. The Labute approximate surface area is 163 Å². The number of halogens is 1. The van der Waals surface area contributed by atoms with E-state index in [2.05, 4.69) is 10.3 Å². The van der Waals surface area contributed by atoms with Crippen molar-refractivity contribution in [2.45, 2.75) is 40.8 Å². The van der Waals surface area contributed by atoms with Gasteiger partial charge in [0.05, 0.1) is 5.56 Å². The van der Waals surface area contributed by atoms with E-state index in [1.807, 2.05) is 44.4 Å². The molecule has 6 heteroatoms. The van der Waals surface area contributed by atoms with E-state index in [1.54, 1.807) is 12.1 Å². The van der Waals surface area contributed by atoms with E-state index in [4.69, 9.17) is 0 Å². The van der Waals surface area contributed by atoms with E-state index >= 15 is 0 Å². The summed E-state index contributed by atoms with van der Waals surface area (Å²) in [7, 11) is 0. The first kappa shape index (κ1) is 19.6. The van der Waals surface area contributed by atoms with Gasteiger partial charge in [0, 0.05) is 35.7 Å². The smallest absolute Gasteiger partial charge is 0.253 e.